The summed E-state index contributed by atoms with van der Waals surface area (Å²) in [7, 11) is 0. The van der Waals surface area contributed by atoms with Gasteiger partial charge in [0, 0.05) is 13.1 Å². The maximum atomic E-state index is 11.6. The third-order valence-electron chi connectivity index (χ3n) is 2.86. The van der Waals surface area contributed by atoms with Crippen LogP contribution in [0.1, 0.15) is 5.56 Å². The van der Waals surface area contributed by atoms with Crippen molar-refractivity contribution in [1.29, 1.82) is 0 Å². The molecular weight excluding hydrogens is 292 g/mol. The van der Waals surface area contributed by atoms with Crippen LogP contribution in [0.2, 0.25) is 0 Å². The Hall–Kier alpha value is -2.32. The van der Waals surface area contributed by atoms with Gasteiger partial charge in [0.05, 0.1) is 19.8 Å². The fourth-order valence-corrected chi connectivity index (χ4v) is 1.80. The minimum Gasteiger partial charge on any atom is -0.454 e. The van der Waals surface area contributed by atoms with Crippen LogP contribution in [-0.2, 0) is 20.9 Å². The van der Waals surface area contributed by atoms with Crippen molar-refractivity contribution in [3.8, 4) is 11.5 Å². The lowest BCUT2D eigenvalue weighted by Gasteiger charge is -2.07. The molecule has 0 spiro atoms. The predicted octanol–water partition coefficient (Wildman–Crippen LogP) is -0.843. The van der Waals surface area contributed by atoms with Crippen LogP contribution < -0.4 is 20.1 Å². The SMILES string of the molecule is O=C(NCCOCCO)C(=O)NCc1ccc2c(c1)OCO2. The molecule has 22 heavy (non-hydrogen) atoms. The molecule has 1 aromatic rings. The van der Waals surface area contributed by atoms with Crippen molar-refractivity contribution >= 4 is 11.8 Å². The van der Waals surface area contributed by atoms with E-state index in [4.69, 9.17) is 19.3 Å². The van der Waals surface area contributed by atoms with E-state index in [9.17, 15) is 9.59 Å². The van der Waals surface area contributed by atoms with Crippen LogP contribution in [0.15, 0.2) is 18.2 Å². The molecule has 0 fully saturated rings. The number of benzene rings is 1. The number of nitrogens with one attached hydrogen (secondary N) is 2. The molecular formula is C14H18N2O6. The molecule has 0 unspecified atom stereocenters. The van der Waals surface area contributed by atoms with E-state index in [1.165, 1.54) is 0 Å². The lowest BCUT2D eigenvalue weighted by Crippen LogP contribution is -2.40. The highest BCUT2D eigenvalue weighted by atomic mass is 16.7. The predicted molar refractivity (Wildman–Crippen MR) is 75.3 cm³/mol. The molecule has 2 rings (SSSR count). The van der Waals surface area contributed by atoms with Gasteiger partial charge in [-0.2, -0.15) is 0 Å². The second-order valence-electron chi connectivity index (χ2n) is 4.46. The van der Waals surface area contributed by atoms with Crippen molar-refractivity contribution < 1.29 is 28.9 Å². The van der Waals surface area contributed by atoms with E-state index in [1.807, 2.05) is 0 Å². The largest absolute Gasteiger partial charge is 0.454 e. The van der Waals surface area contributed by atoms with E-state index < -0.39 is 11.8 Å². The topological polar surface area (TPSA) is 106 Å². The first-order chi connectivity index (χ1) is 10.7. The molecule has 0 saturated carbocycles. The highest BCUT2D eigenvalue weighted by Crippen LogP contribution is 2.32. The summed E-state index contributed by atoms with van der Waals surface area (Å²) in [6, 6.07) is 5.29. The summed E-state index contributed by atoms with van der Waals surface area (Å²) in [5.74, 6) is -0.166. The highest BCUT2D eigenvalue weighted by Gasteiger charge is 2.15. The van der Waals surface area contributed by atoms with Gasteiger partial charge in [0.1, 0.15) is 0 Å². The molecule has 0 aliphatic carbocycles. The van der Waals surface area contributed by atoms with Crippen molar-refractivity contribution in [3.05, 3.63) is 23.8 Å². The Labute approximate surface area is 127 Å². The number of rotatable bonds is 7. The summed E-state index contributed by atoms with van der Waals surface area (Å²) >= 11 is 0. The maximum absolute atomic E-state index is 11.6. The number of amides is 2. The summed E-state index contributed by atoms with van der Waals surface area (Å²) in [6.07, 6.45) is 0. The van der Waals surface area contributed by atoms with Crippen LogP contribution in [0.3, 0.4) is 0 Å². The molecule has 1 heterocycles. The monoisotopic (exact) mass is 310 g/mol. The van der Waals surface area contributed by atoms with Gasteiger partial charge in [-0.1, -0.05) is 6.07 Å². The normalized spacial score (nSPS) is 12.0. The molecule has 3 N–H and O–H groups in total. The molecule has 1 aromatic carbocycles. The Kier molecular flexibility index (Phi) is 5.99. The third-order valence-corrected chi connectivity index (χ3v) is 2.86. The van der Waals surface area contributed by atoms with E-state index in [2.05, 4.69) is 10.6 Å². The number of fused-ring (bicyclic) bond motifs is 1. The fraction of sp³-hybridized carbons (Fsp3) is 0.429. The molecule has 1 aliphatic rings. The lowest BCUT2D eigenvalue weighted by atomic mass is 10.2. The zero-order valence-corrected chi connectivity index (χ0v) is 12.0. The van der Waals surface area contributed by atoms with E-state index in [0.29, 0.717) is 11.5 Å². The van der Waals surface area contributed by atoms with Gasteiger partial charge in [-0.05, 0) is 17.7 Å². The second kappa shape index (κ2) is 8.20. The molecule has 0 atom stereocenters. The maximum Gasteiger partial charge on any atom is 0.309 e. The van der Waals surface area contributed by atoms with Gasteiger partial charge in [-0.3, -0.25) is 9.59 Å². The van der Waals surface area contributed by atoms with Gasteiger partial charge < -0.3 is 30.0 Å². The number of hydrogen-bond donors (Lipinski definition) is 3. The highest BCUT2D eigenvalue weighted by molar-refractivity contribution is 6.35. The molecule has 1 aliphatic heterocycles. The zero-order valence-electron chi connectivity index (χ0n) is 12.0. The molecule has 8 heteroatoms. The summed E-state index contributed by atoms with van der Waals surface area (Å²) in [5.41, 5.74) is 0.802. The standard InChI is InChI=1S/C14H18N2O6/c17-4-6-20-5-3-15-13(18)14(19)16-8-10-1-2-11-12(7-10)22-9-21-11/h1-2,7,17H,3-6,8-9H2,(H,15,18)(H,16,19). The Morgan fingerprint density at radius 3 is 2.73 bits per heavy atom. The van der Waals surface area contributed by atoms with Crippen LogP contribution in [-0.4, -0.2) is 50.1 Å². The van der Waals surface area contributed by atoms with Crippen molar-refractivity contribution in [1.82, 2.24) is 10.6 Å². The molecule has 0 bridgehead atoms. The Morgan fingerprint density at radius 1 is 1.14 bits per heavy atom. The first-order valence-electron chi connectivity index (χ1n) is 6.84. The van der Waals surface area contributed by atoms with Crippen LogP contribution in [0.5, 0.6) is 11.5 Å². The number of aliphatic hydroxyl groups is 1. The number of hydrogen-bond acceptors (Lipinski definition) is 6. The minimum atomic E-state index is -0.728. The van der Waals surface area contributed by atoms with E-state index in [0.717, 1.165) is 5.56 Å². The molecule has 0 radical (unpaired) electrons. The minimum absolute atomic E-state index is 0.0794. The Balaban J connectivity index is 1.69. The number of aliphatic hydroxyl groups excluding tert-OH is 1. The van der Waals surface area contributed by atoms with Gasteiger partial charge in [-0.15, -0.1) is 0 Å². The average Bonchev–Trinajstić information content (AvgIpc) is 2.99. The Morgan fingerprint density at radius 2 is 1.91 bits per heavy atom. The van der Waals surface area contributed by atoms with Gasteiger partial charge >= 0.3 is 11.8 Å². The summed E-state index contributed by atoms with van der Waals surface area (Å²) in [6.45, 7) is 0.962. The number of ether oxygens (including phenoxy) is 3. The molecule has 0 saturated heterocycles. The average molecular weight is 310 g/mol. The van der Waals surface area contributed by atoms with Gasteiger partial charge in [0.25, 0.3) is 0 Å². The number of carbonyl (C=O) groups excluding carboxylic acids is 2. The number of carbonyl (C=O) groups is 2. The Bertz CT molecular complexity index is 534. The van der Waals surface area contributed by atoms with E-state index >= 15 is 0 Å². The van der Waals surface area contributed by atoms with Gasteiger partial charge in [0.2, 0.25) is 6.79 Å². The summed E-state index contributed by atoms with van der Waals surface area (Å²) in [4.78, 5) is 23.1. The van der Waals surface area contributed by atoms with E-state index in [-0.39, 0.29) is 39.7 Å². The summed E-state index contributed by atoms with van der Waals surface area (Å²) in [5, 5.41) is 13.4. The zero-order chi connectivity index (χ0) is 15.8. The van der Waals surface area contributed by atoms with Crippen LogP contribution in [0.4, 0.5) is 0 Å². The second-order valence-corrected chi connectivity index (χ2v) is 4.46. The fourth-order valence-electron chi connectivity index (χ4n) is 1.80. The molecule has 120 valence electrons. The quantitative estimate of drug-likeness (QED) is 0.448. The van der Waals surface area contributed by atoms with Crippen LogP contribution in [0, 0.1) is 0 Å². The van der Waals surface area contributed by atoms with E-state index in [1.54, 1.807) is 18.2 Å². The first kappa shape index (κ1) is 16.1. The summed E-state index contributed by atoms with van der Waals surface area (Å²) < 4.78 is 15.4. The van der Waals surface area contributed by atoms with Crippen molar-refractivity contribution in [2.75, 3.05) is 33.2 Å². The van der Waals surface area contributed by atoms with Crippen molar-refractivity contribution in [2.45, 2.75) is 6.54 Å². The third kappa shape index (κ3) is 4.61. The first-order valence-corrected chi connectivity index (χ1v) is 6.84. The van der Waals surface area contributed by atoms with Crippen LogP contribution >= 0.6 is 0 Å². The van der Waals surface area contributed by atoms with Crippen LogP contribution in [0.25, 0.3) is 0 Å². The van der Waals surface area contributed by atoms with Gasteiger partial charge in [-0.25, -0.2) is 0 Å². The molecule has 0 aromatic heterocycles. The molecule has 8 nitrogen and oxygen atoms in total. The smallest absolute Gasteiger partial charge is 0.309 e. The van der Waals surface area contributed by atoms with Gasteiger partial charge in [0.15, 0.2) is 11.5 Å². The lowest BCUT2D eigenvalue weighted by molar-refractivity contribution is -0.139. The molecule has 2 amide bonds. The van der Waals surface area contributed by atoms with Crippen molar-refractivity contribution in [3.63, 3.8) is 0 Å². The van der Waals surface area contributed by atoms with Crippen molar-refractivity contribution in [2.24, 2.45) is 0 Å².